The molecule has 1 aromatic carbocycles. The standard InChI is InChI=1S/C8H7BrClNO/c1-4-2-7(10)5(8(11)12)3-6(4)9/h2-3H,1H3,(H2,11,12). The van der Waals surface area contributed by atoms with Crippen molar-refractivity contribution in [2.24, 2.45) is 5.73 Å². The van der Waals surface area contributed by atoms with Crippen LogP contribution >= 0.6 is 27.5 Å². The Balaban J connectivity index is 3.33. The lowest BCUT2D eigenvalue weighted by atomic mass is 10.1. The van der Waals surface area contributed by atoms with Crippen molar-refractivity contribution in [3.63, 3.8) is 0 Å². The second-order valence-electron chi connectivity index (χ2n) is 2.45. The summed E-state index contributed by atoms with van der Waals surface area (Å²) in [4.78, 5) is 10.8. The maximum Gasteiger partial charge on any atom is 0.250 e. The lowest BCUT2D eigenvalue weighted by molar-refractivity contribution is 0.100. The van der Waals surface area contributed by atoms with E-state index >= 15 is 0 Å². The summed E-state index contributed by atoms with van der Waals surface area (Å²) in [6.45, 7) is 1.89. The monoisotopic (exact) mass is 247 g/mol. The highest BCUT2D eigenvalue weighted by atomic mass is 79.9. The van der Waals surface area contributed by atoms with Crippen molar-refractivity contribution < 1.29 is 4.79 Å². The summed E-state index contributed by atoms with van der Waals surface area (Å²) in [7, 11) is 0. The molecule has 0 saturated heterocycles. The summed E-state index contributed by atoms with van der Waals surface area (Å²) >= 11 is 9.06. The number of halogens is 2. The zero-order valence-corrected chi connectivity index (χ0v) is 8.74. The normalized spacial score (nSPS) is 9.92. The van der Waals surface area contributed by atoms with E-state index in [0.29, 0.717) is 10.6 Å². The number of carbonyl (C=O) groups is 1. The van der Waals surface area contributed by atoms with E-state index in [1.165, 1.54) is 0 Å². The Bertz CT molecular complexity index is 338. The van der Waals surface area contributed by atoms with Gasteiger partial charge in [0.15, 0.2) is 0 Å². The zero-order chi connectivity index (χ0) is 9.30. The largest absolute Gasteiger partial charge is 0.366 e. The molecule has 0 saturated carbocycles. The van der Waals surface area contributed by atoms with Crippen LogP contribution in [0, 0.1) is 6.92 Å². The number of aryl methyl sites for hydroxylation is 1. The van der Waals surface area contributed by atoms with Crippen molar-refractivity contribution in [1.82, 2.24) is 0 Å². The van der Waals surface area contributed by atoms with Crippen LogP contribution in [0.4, 0.5) is 0 Å². The number of benzene rings is 1. The van der Waals surface area contributed by atoms with E-state index in [4.69, 9.17) is 17.3 Å². The highest BCUT2D eigenvalue weighted by Crippen LogP contribution is 2.24. The van der Waals surface area contributed by atoms with Crippen LogP contribution in [0.25, 0.3) is 0 Å². The van der Waals surface area contributed by atoms with Gasteiger partial charge in [0.05, 0.1) is 10.6 Å². The molecule has 0 spiro atoms. The van der Waals surface area contributed by atoms with Crippen LogP contribution < -0.4 is 5.73 Å². The first-order chi connectivity index (χ1) is 5.52. The molecule has 0 aromatic heterocycles. The Hall–Kier alpha value is -0.540. The Morgan fingerprint density at radius 3 is 2.67 bits per heavy atom. The van der Waals surface area contributed by atoms with Crippen molar-refractivity contribution in [3.8, 4) is 0 Å². The van der Waals surface area contributed by atoms with Gasteiger partial charge in [0, 0.05) is 4.47 Å². The van der Waals surface area contributed by atoms with Gasteiger partial charge in [-0.3, -0.25) is 4.79 Å². The lowest BCUT2D eigenvalue weighted by Crippen LogP contribution is -2.11. The molecular formula is C8H7BrClNO. The number of hydrogen-bond acceptors (Lipinski definition) is 1. The first kappa shape index (κ1) is 9.55. The molecule has 2 nitrogen and oxygen atoms in total. The molecule has 0 radical (unpaired) electrons. The molecule has 0 aliphatic rings. The van der Waals surface area contributed by atoms with Crippen molar-refractivity contribution in [1.29, 1.82) is 0 Å². The first-order valence-corrected chi connectivity index (χ1v) is 4.45. The highest BCUT2D eigenvalue weighted by molar-refractivity contribution is 9.10. The van der Waals surface area contributed by atoms with E-state index in [9.17, 15) is 4.79 Å². The van der Waals surface area contributed by atoms with Crippen LogP contribution in [0.3, 0.4) is 0 Å². The van der Waals surface area contributed by atoms with Gasteiger partial charge < -0.3 is 5.73 Å². The average Bonchev–Trinajstić information content (AvgIpc) is 1.96. The third-order valence-corrected chi connectivity index (χ3v) is 2.68. The molecule has 0 heterocycles. The predicted octanol–water partition coefficient (Wildman–Crippen LogP) is 2.51. The minimum atomic E-state index is -0.513. The molecule has 4 heteroatoms. The fraction of sp³-hybridized carbons (Fsp3) is 0.125. The quantitative estimate of drug-likeness (QED) is 0.815. The van der Waals surface area contributed by atoms with E-state index in [1.54, 1.807) is 12.1 Å². The molecule has 0 bridgehead atoms. The molecule has 1 amide bonds. The van der Waals surface area contributed by atoms with E-state index in [2.05, 4.69) is 15.9 Å². The summed E-state index contributed by atoms with van der Waals surface area (Å²) < 4.78 is 0.834. The van der Waals surface area contributed by atoms with Crippen molar-refractivity contribution in [2.75, 3.05) is 0 Å². The topological polar surface area (TPSA) is 43.1 Å². The Labute approximate surface area is 83.8 Å². The number of amides is 1. The van der Waals surface area contributed by atoms with Crippen molar-refractivity contribution >= 4 is 33.4 Å². The summed E-state index contributed by atoms with van der Waals surface area (Å²) in [5, 5.41) is 0.392. The van der Waals surface area contributed by atoms with Gasteiger partial charge in [-0.1, -0.05) is 27.5 Å². The lowest BCUT2D eigenvalue weighted by Gasteiger charge is -2.02. The summed E-state index contributed by atoms with van der Waals surface area (Å²) in [6.07, 6.45) is 0. The molecule has 0 unspecified atom stereocenters. The number of nitrogens with two attached hydrogens (primary N) is 1. The molecule has 12 heavy (non-hydrogen) atoms. The zero-order valence-electron chi connectivity index (χ0n) is 6.40. The molecule has 1 aromatic rings. The number of carbonyl (C=O) groups excluding carboxylic acids is 1. The van der Waals surface area contributed by atoms with Crippen LogP contribution in [0.1, 0.15) is 15.9 Å². The van der Waals surface area contributed by atoms with E-state index in [-0.39, 0.29) is 0 Å². The minimum Gasteiger partial charge on any atom is -0.366 e. The van der Waals surface area contributed by atoms with Gasteiger partial charge in [-0.25, -0.2) is 0 Å². The summed E-state index contributed by atoms with van der Waals surface area (Å²) in [5.41, 5.74) is 6.41. The molecule has 64 valence electrons. The van der Waals surface area contributed by atoms with E-state index in [1.807, 2.05) is 6.92 Å². The summed E-state index contributed by atoms with van der Waals surface area (Å²) in [5.74, 6) is -0.513. The maximum absolute atomic E-state index is 10.8. The Morgan fingerprint density at radius 2 is 2.17 bits per heavy atom. The molecule has 0 fully saturated rings. The third-order valence-electron chi connectivity index (χ3n) is 1.51. The molecule has 0 atom stereocenters. The Kier molecular flexibility index (Phi) is 2.75. The van der Waals surface area contributed by atoms with Gasteiger partial charge in [-0.2, -0.15) is 0 Å². The fourth-order valence-electron chi connectivity index (χ4n) is 0.835. The maximum atomic E-state index is 10.8. The van der Waals surface area contributed by atoms with Crippen molar-refractivity contribution in [3.05, 3.63) is 32.8 Å². The molecule has 2 N–H and O–H groups in total. The SMILES string of the molecule is Cc1cc(Cl)c(C(N)=O)cc1Br. The van der Waals surface area contributed by atoms with Crippen LogP contribution in [-0.2, 0) is 0 Å². The van der Waals surface area contributed by atoms with Crippen LogP contribution in [-0.4, -0.2) is 5.91 Å². The fourth-order valence-corrected chi connectivity index (χ4v) is 1.49. The number of hydrogen-bond donors (Lipinski definition) is 1. The predicted molar refractivity (Wildman–Crippen MR) is 52.4 cm³/mol. The van der Waals surface area contributed by atoms with Crippen LogP contribution in [0.2, 0.25) is 5.02 Å². The average molecular weight is 249 g/mol. The second-order valence-corrected chi connectivity index (χ2v) is 3.71. The summed E-state index contributed by atoms with van der Waals surface area (Å²) in [6, 6.07) is 3.33. The van der Waals surface area contributed by atoms with Crippen LogP contribution in [0.15, 0.2) is 16.6 Å². The number of primary amides is 1. The van der Waals surface area contributed by atoms with Crippen LogP contribution in [0.5, 0.6) is 0 Å². The van der Waals surface area contributed by atoms with E-state index < -0.39 is 5.91 Å². The minimum absolute atomic E-state index is 0.342. The molecule has 0 aliphatic heterocycles. The van der Waals surface area contributed by atoms with E-state index in [0.717, 1.165) is 10.0 Å². The molecular weight excluding hydrogens is 241 g/mol. The number of rotatable bonds is 1. The van der Waals surface area contributed by atoms with Crippen molar-refractivity contribution in [2.45, 2.75) is 6.92 Å². The molecule has 0 aliphatic carbocycles. The molecule has 1 rings (SSSR count). The van der Waals surface area contributed by atoms with Gasteiger partial charge in [0.2, 0.25) is 5.91 Å². The van der Waals surface area contributed by atoms with Gasteiger partial charge in [-0.05, 0) is 24.6 Å². The Morgan fingerprint density at radius 1 is 1.58 bits per heavy atom. The second kappa shape index (κ2) is 3.46. The highest BCUT2D eigenvalue weighted by Gasteiger charge is 2.08. The third kappa shape index (κ3) is 1.79. The van der Waals surface area contributed by atoms with Gasteiger partial charge in [-0.15, -0.1) is 0 Å². The van der Waals surface area contributed by atoms with Gasteiger partial charge in [0.25, 0.3) is 0 Å². The first-order valence-electron chi connectivity index (χ1n) is 3.28. The smallest absolute Gasteiger partial charge is 0.250 e. The van der Waals surface area contributed by atoms with Gasteiger partial charge in [0.1, 0.15) is 0 Å². The van der Waals surface area contributed by atoms with Gasteiger partial charge >= 0.3 is 0 Å².